The van der Waals surface area contributed by atoms with Crippen molar-refractivity contribution in [1.29, 1.82) is 0 Å². The molecule has 0 aromatic heterocycles. The Hall–Kier alpha value is -0.980. The van der Waals surface area contributed by atoms with Gasteiger partial charge in [-0.05, 0) is 26.3 Å². The Balaban J connectivity index is 1.65. The van der Waals surface area contributed by atoms with Gasteiger partial charge < -0.3 is 24.1 Å². The van der Waals surface area contributed by atoms with Crippen LogP contribution >= 0.6 is 0 Å². The molecule has 0 bridgehead atoms. The first-order valence-corrected chi connectivity index (χ1v) is 7.31. The topological polar surface area (TPSA) is 57.2 Å². The summed E-state index contributed by atoms with van der Waals surface area (Å²) >= 11 is 0. The lowest BCUT2D eigenvalue weighted by Gasteiger charge is -2.38. The van der Waals surface area contributed by atoms with Gasteiger partial charge in [-0.1, -0.05) is 30.3 Å². The summed E-state index contributed by atoms with van der Waals surface area (Å²) in [6.45, 7) is 5.97. The fraction of sp³-hybridized carbons (Fsp3) is 0.625. The molecule has 1 aromatic rings. The predicted molar refractivity (Wildman–Crippen MR) is 75.4 cm³/mol. The van der Waals surface area contributed by atoms with Crippen LogP contribution in [0.25, 0.3) is 0 Å². The summed E-state index contributed by atoms with van der Waals surface area (Å²) in [5, 5.41) is 10.4. The molecule has 21 heavy (non-hydrogen) atoms. The Morgan fingerprint density at radius 3 is 2.52 bits per heavy atom. The van der Waals surface area contributed by atoms with E-state index in [0.717, 1.165) is 5.56 Å². The van der Waals surface area contributed by atoms with E-state index in [1.807, 2.05) is 51.1 Å². The molecule has 2 aliphatic rings. The van der Waals surface area contributed by atoms with Crippen molar-refractivity contribution in [3.8, 4) is 0 Å². The summed E-state index contributed by atoms with van der Waals surface area (Å²) in [4.78, 5) is 0. The van der Waals surface area contributed by atoms with Crippen molar-refractivity contribution >= 4 is 0 Å². The lowest BCUT2D eigenvalue weighted by molar-refractivity contribution is -0.277. The Bertz CT molecular complexity index is 475. The summed E-state index contributed by atoms with van der Waals surface area (Å²) in [5.74, 6) is -0.706. The van der Waals surface area contributed by atoms with Crippen LogP contribution in [0.1, 0.15) is 26.3 Å². The lowest BCUT2D eigenvalue weighted by Crippen LogP contribution is -2.55. The molecule has 116 valence electrons. The maximum Gasteiger partial charge on any atom is 0.186 e. The molecular weight excluding hydrogens is 272 g/mol. The van der Waals surface area contributed by atoms with Gasteiger partial charge in [0, 0.05) is 0 Å². The van der Waals surface area contributed by atoms with Gasteiger partial charge in [-0.15, -0.1) is 0 Å². The molecule has 1 aromatic carbocycles. The van der Waals surface area contributed by atoms with Crippen LogP contribution < -0.4 is 0 Å². The normalized spacial score (nSPS) is 38.2. The Morgan fingerprint density at radius 1 is 1.14 bits per heavy atom. The van der Waals surface area contributed by atoms with Gasteiger partial charge in [0.25, 0.3) is 0 Å². The molecule has 0 saturated carbocycles. The lowest BCUT2D eigenvalue weighted by atomic mass is 10.00. The average Bonchev–Trinajstić information content (AvgIpc) is 2.79. The fourth-order valence-corrected chi connectivity index (χ4v) is 2.86. The summed E-state index contributed by atoms with van der Waals surface area (Å²) in [5.41, 5.74) is 1.03. The van der Waals surface area contributed by atoms with Gasteiger partial charge in [0.2, 0.25) is 0 Å². The molecule has 0 aliphatic carbocycles. The van der Waals surface area contributed by atoms with E-state index in [9.17, 15) is 5.11 Å². The van der Waals surface area contributed by atoms with Crippen LogP contribution in [0, 0.1) is 0 Å². The molecule has 0 radical (unpaired) electrons. The highest BCUT2D eigenvalue weighted by Gasteiger charge is 2.53. The van der Waals surface area contributed by atoms with Crippen molar-refractivity contribution in [3.63, 3.8) is 0 Å². The predicted octanol–water partition coefficient (Wildman–Crippen LogP) is 1.83. The van der Waals surface area contributed by atoms with Gasteiger partial charge in [0.1, 0.15) is 18.3 Å². The Labute approximate surface area is 124 Å². The van der Waals surface area contributed by atoms with Crippen molar-refractivity contribution in [3.05, 3.63) is 35.9 Å². The Kier molecular flexibility index (Phi) is 4.03. The van der Waals surface area contributed by atoms with Gasteiger partial charge in [-0.2, -0.15) is 0 Å². The molecule has 5 atom stereocenters. The fourth-order valence-electron chi connectivity index (χ4n) is 2.86. The van der Waals surface area contributed by atoms with Crippen LogP contribution in [-0.4, -0.2) is 41.6 Å². The summed E-state index contributed by atoms with van der Waals surface area (Å²) < 4.78 is 23.0. The second-order valence-electron chi connectivity index (χ2n) is 6.06. The molecule has 2 heterocycles. The minimum Gasteiger partial charge on any atom is -0.385 e. The SMILES string of the molecule is C[C@@H]1O[C@H](OCc2ccccc2)[C@@H](O)[C@@H]2OC(C)(C)O[C@@H]21. The van der Waals surface area contributed by atoms with Gasteiger partial charge in [-0.25, -0.2) is 0 Å². The van der Waals surface area contributed by atoms with E-state index in [2.05, 4.69) is 0 Å². The quantitative estimate of drug-likeness (QED) is 0.921. The number of rotatable bonds is 3. The number of ether oxygens (including phenoxy) is 4. The second kappa shape index (κ2) is 5.66. The van der Waals surface area contributed by atoms with Crippen LogP contribution in [0.5, 0.6) is 0 Å². The number of aliphatic hydroxyl groups excluding tert-OH is 1. The average molecular weight is 294 g/mol. The first-order valence-electron chi connectivity index (χ1n) is 7.31. The number of benzene rings is 1. The van der Waals surface area contributed by atoms with Crippen molar-refractivity contribution in [2.24, 2.45) is 0 Å². The van der Waals surface area contributed by atoms with E-state index in [-0.39, 0.29) is 12.2 Å². The van der Waals surface area contributed by atoms with Gasteiger partial charge in [-0.3, -0.25) is 0 Å². The minimum absolute atomic E-state index is 0.194. The van der Waals surface area contributed by atoms with Crippen LogP contribution in [-0.2, 0) is 25.6 Å². The maximum atomic E-state index is 10.4. The number of hydrogen-bond donors (Lipinski definition) is 1. The molecule has 0 amide bonds. The molecule has 1 N–H and O–H groups in total. The highest BCUT2D eigenvalue weighted by Crippen LogP contribution is 2.37. The number of fused-ring (bicyclic) bond motifs is 1. The molecule has 2 fully saturated rings. The zero-order chi connectivity index (χ0) is 15.0. The minimum atomic E-state index is -0.864. The molecule has 3 rings (SSSR count). The van der Waals surface area contributed by atoms with E-state index in [1.54, 1.807) is 0 Å². The van der Waals surface area contributed by atoms with Crippen molar-refractivity contribution in [1.82, 2.24) is 0 Å². The zero-order valence-electron chi connectivity index (χ0n) is 12.6. The smallest absolute Gasteiger partial charge is 0.186 e. The van der Waals surface area contributed by atoms with E-state index in [4.69, 9.17) is 18.9 Å². The van der Waals surface area contributed by atoms with Crippen molar-refractivity contribution in [2.75, 3.05) is 0 Å². The Morgan fingerprint density at radius 2 is 1.81 bits per heavy atom. The van der Waals surface area contributed by atoms with E-state index < -0.39 is 24.3 Å². The van der Waals surface area contributed by atoms with Crippen molar-refractivity contribution in [2.45, 2.75) is 63.9 Å². The molecule has 2 saturated heterocycles. The first-order chi connectivity index (χ1) is 9.96. The molecule has 0 unspecified atom stereocenters. The standard InChI is InChI=1S/C16H22O5/c1-10-13-14(21-16(2,3)20-13)12(17)15(19-10)18-9-11-7-5-4-6-8-11/h4-8,10,12-15,17H,9H2,1-3H3/t10-,12-,13+,14-,15-/m0/s1. The summed E-state index contributed by atoms with van der Waals surface area (Å²) in [6, 6.07) is 9.80. The molecule has 5 heteroatoms. The largest absolute Gasteiger partial charge is 0.385 e. The van der Waals surface area contributed by atoms with E-state index in [1.165, 1.54) is 0 Å². The van der Waals surface area contributed by atoms with Gasteiger partial charge in [0.05, 0.1) is 12.7 Å². The van der Waals surface area contributed by atoms with Crippen LogP contribution in [0.3, 0.4) is 0 Å². The highest BCUT2D eigenvalue weighted by molar-refractivity contribution is 5.13. The molecule has 2 aliphatic heterocycles. The monoisotopic (exact) mass is 294 g/mol. The van der Waals surface area contributed by atoms with Gasteiger partial charge >= 0.3 is 0 Å². The maximum absolute atomic E-state index is 10.4. The van der Waals surface area contributed by atoms with E-state index in [0.29, 0.717) is 6.61 Å². The first kappa shape index (κ1) is 14.9. The highest BCUT2D eigenvalue weighted by atomic mass is 16.8. The molecular formula is C16H22O5. The number of aliphatic hydroxyl groups is 1. The summed E-state index contributed by atoms with van der Waals surface area (Å²) in [6.07, 6.45) is -2.47. The third-order valence-corrected chi connectivity index (χ3v) is 3.85. The van der Waals surface area contributed by atoms with Crippen molar-refractivity contribution < 1.29 is 24.1 Å². The third kappa shape index (κ3) is 3.12. The molecule has 0 spiro atoms. The van der Waals surface area contributed by atoms with E-state index >= 15 is 0 Å². The zero-order valence-corrected chi connectivity index (χ0v) is 12.6. The third-order valence-electron chi connectivity index (χ3n) is 3.85. The van der Waals surface area contributed by atoms with Crippen LogP contribution in [0.4, 0.5) is 0 Å². The van der Waals surface area contributed by atoms with Gasteiger partial charge in [0.15, 0.2) is 12.1 Å². The van der Waals surface area contributed by atoms with Crippen LogP contribution in [0.2, 0.25) is 0 Å². The number of hydrogen-bond acceptors (Lipinski definition) is 5. The van der Waals surface area contributed by atoms with Crippen LogP contribution in [0.15, 0.2) is 30.3 Å². The molecule has 5 nitrogen and oxygen atoms in total. The second-order valence-corrected chi connectivity index (χ2v) is 6.06. The summed E-state index contributed by atoms with van der Waals surface area (Å²) in [7, 11) is 0.